The summed E-state index contributed by atoms with van der Waals surface area (Å²) in [4.78, 5) is 33.0. The van der Waals surface area contributed by atoms with Gasteiger partial charge in [0.05, 0.1) is 23.1 Å². The SMILES string of the molecule is C#Cc1cccc(C2C(C(=O)OC3CCCCC3)=C(C)NC(C)=C2C(=O)OC(C)N2CCN(C(c3ccc(C)cc3)c3ccc(C)cc3)CC2)c1. The van der Waals surface area contributed by atoms with E-state index in [-0.39, 0.29) is 12.1 Å². The van der Waals surface area contributed by atoms with Crippen LogP contribution in [0.15, 0.2) is 95.3 Å². The van der Waals surface area contributed by atoms with Crippen LogP contribution in [0.25, 0.3) is 0 Å². The number of rotatable bonds is 9. The molecule has 51 heavy (non-hydrogen) atoms. The molecule has 1 aliphatic carbocycles. The van der Waals surface area contributed by atoms with Crippen molar-refractivity contribution in [1.29, 1.82) is 0 Å². The van der Waals surface area contributed by atoms with Crippen LogP contribution in [-0.4, -0.2) is 60.2 Å². The van der Waals surface area contributed by atoms with Crippen LogP contribution in [0.3, 0.4) is 0 Å². The Kier molecular flexibility index (Phi) is 11.4. The van der Waals surface area contributed by atoms with Crippen LogP contribution in [0.2, 0.25) is 0 Å². The highest BCUT2D eigenvalue weighted by Gasteiger charge is 2.40. The van der Waals surface area contributed by atoms with E-state index in [1.807, 2.05) is 45.0 Å². The summed E-state index contributed by atoms with van der Waals surface area (Å²) < 4.78 is 12.4. The number of hydrogen-bond donors (Lipinski definition) is 1. The molecule has 2 aliphatic heterocycles. The van der Waals surface area contributed by atoms with E-state index < -0.39 is 24.1 Å². The molecule has 3 aromatic rings. The highest BCUT2D eigenvalue weighted by atomic mass is 16.6. The summed E-state index contributed by atoms with van der Waals surface area (Å²) in [5.41, 5.74) is 8.59. The van der Waals surface area contributed by atoms with Gasteiger partial charge in [-0.05, 0) is 89.1 Å². The number of esters is 2. The van der Waals surface area contributed by atoms with Crippen LogP contribution in [-0.2, 0) is 19.1 Å². The van der Waals surface area contributed by atoms with Gasteiger partial charge in [0.2, 0.25) is 0 Å². The third-order valence-electron chi connectivity index (χ3n) is 10.7. The molecule has 6 rings (SSSR count). The smallest absolute Gasteiger partial charge is 0.338 e. The third kappa shape index (κ3) is 8.30. The number of carbonyl (C=O) groups excluding carboxylic acids is 2. The number of benzene rings is 3. The van der Waals surface area contributed by atoms with Gasteiger partial charge < -0.3 is 14.8 Å². The molecule has 0 aromatic heterocycles. The van der Waals surface area contributed by atoms with E-state index in [4.69, 9.17) is 15.9 Å². The average Bonchev–Trinajstić information content (AvgIpc) is 3.13. The molecule has 0 amide bonds. The van der Waals surface area contributed by atoms with E-state index in [1.54, 1.807) is 0 Å². The summed E-state index contributed by atoms with van der Waals surface area (Å²) in [6.07, 6.45) is 10.2. The van der Waals surface area contributed by atoms with E-state index in [9.17, 15) is 9.59 Å². The molecule has 1 N–H and O–H groups in total. The number of nitrogens with zero attached hydrogens (tertiary/aromatic N) is 2. The predicted molar refractivity (Wildman–Crippen MR) is 202 cm³/mol. The summed E-state index contributed by atoms with van der Waals surface area (Å²) in [6, 6.07) is 25.3. The molecule has 3 aliphatic rings. The molecule has 2 heterocycles. The molecule has 7 nitrogen and oxygen atoms in total. The largest absolute Gasteiger partial charge is 0.459 e. The zero-order valence-electron chi connectivity index (χ0n) is 30.7. The fourth-order valence-corrected chi connectivity index (χ4v) is 7.84. The van der Waals surface area contributed by atoms with Crippen LogP contribution in [0, 0.1) is 26.2 Å². The molecule has 1 saturated heterocycles. The Bertz CT molecular complexity index is 1780. The minimum atomic E-state index is -0.683. The number of terminal acetylenes is 1. The molecular weight excluding hydrogens is 635 g/mol. The van der Waals surface area contributed by atoms with Crippen molar-refractivity contribution in [1.82, 2.24) is 15.1 Å². The van der Waals surface area contributed by atoms with Crippen molar-refractivity contribution in [3.05, 3.63) is 129 Å². The van der Waals surface area contributed by atoms with Gasteiger partial charge in [0.25, 0.3) is 0 Å². The van der Waals surface area contributed by atoms with Crippen LogP contribution < -0.4 is 5.32 Å². The molecule has 0 radical (unpaired) electrons. The number of dihydropyridines is 1. The van der Waals surface area contributed by atoms with Crippen molar-refractivity contribution >= 4 is 11.9 Å². The number of allylic oxidation sites excluding steroid dienone is 2. The second-order valence-corrected chi connectivity index (χ2v) is 14.4. The zero-order valence-corrected chi connectivity index (χ0v) is 30.7. The maximum Gasteiger partial charge on any atom is 0.338 e. The molecule has 2 unspecified atom stereocenters. The zero-order chi connectivity index (χ0) is 36.1. The van der Waals surface area contributed by atoms with Gasteiger partial charge in [0.15, 0.2) is 6.23 Å². The first-order valence-corrected chi connectivity index (χ1v) is 18.4. The number of nitrogens with one attached hydrogen (secondary N) is 1. The molecule has 0 bridgehead atoms. The second-order valence-electron chi connectivity index (χ2n) is 14.4. The van der Waals surface area contributed by atoms with Crippen molar-refractivity contribution in [2.45, 2.75) is 91.0 Å². The van der Waals surface area contributed by atoms with Crippen LogP contribution in [0.4, 0.5) is 0 Å². The molecule has 2 atom stereocenters. The Morgan fingerprint density at radius 2 is 1.31 bits per heavy atom. The standard InChI is InChI=1S/C44H51N3O4/c1-7-34-12-11-13-37(28-34)41-39(31(4)45-32(5)40(41)44(49)51-38-14-9-8-10-15-38)43(48)50-33(6)46-24-26-47(27-25-46)42(35-20-16-29(2)17-21-35)36-22-18-30(3)19-23-36/h1,11-13,16-23,28,33,38,41-42,45H,8-10,14-15,24-27H2,2-6H3. The van der Waals surface area contributed by atoms with Crippen molar-refractivity contribution in [2.24, 2.45) is 0 Å². The average molecular weight is 686 g/mol. The number of piperazine rings is 1. The molecule has 7 heteroatoms. The monoisotopic (exact) mass is 685 g/mol. The minimum absolute atomic E-state index is 0.123. The summed E-state index contributed by atoms with van der Waals surface area (Å²) in [5.74, 6) is 1.16. The fraction of sp³-hybridized carbons (Fsp3) is 0.409. The topological polar surface area (TPSA) is 71.1 Å². The molecule has 266 valence electrons. The first-order valence-electron chi connectivity index (χ1n) is 18.4. The van der Waals surface area contributed by atoms with Crippen molar-refractivity contribution in [3.63, 3.8) is 0 Å². The van der Waals surface area contributed by atoms with Crippen LogP contribution in [0.1, 0.15) is 98.2 Å². The first-order chi connectivity index (χ1) is 24.6. The Hall–Kier alpha value is -4.64. The number of hydrogen-bond acceptors (Lipinski definition) is 7. The van der Waals surface area contributed by atoms with Crippen molar-refractivity contribution < 1.29 is 19.1 Å². The lowest BCUT2D eigenvalue weighted by Crippen LogP contribution is -2.51. The lowest BCUT2D eigenvalue weighted by Gasteiger charge is -2.41. The quantitative estimate of drug-likeness (QED) is 0.183. The molecule has 1 saturated carbocycles. The van der Waals surface area contributed by atoms with Gasteiger partial charge in [-0.3, -0.25) is 9.80 Å². The minimum Gasteiger partial charge on any atom is -0.459 e. The van der Waals surface area contributed by atoms with E-state index in [2.05, 4.69) is 83.4 Å². The van der Waals surface area contributed by atoms with Gasteiger partial charge in [0.1, 0.15) is 6.10 Å². The number of aryl methyl sites for hydroxylation is 2. The normalized spacial score (nSPS) is 19.7. The van der Waals surface area contributed by atoms with Crippen molar-refractivity contribution in [2.75, 3.05) is 26.2 Å². The molecular formula is C44H51N3O4. The first kappa shape index (κ1) is 36.2. The van der Waals surface area contributed by atoms with Gasteiger partial charge in [-0.2, -0.15) is 0 Å². The van der Waals surface area contributed by atoms with E-state index in [0.717, 1.165) is 63.8 Å². The summed E-state index contributed by atoms with van der Waals surface area (Å²) in [6.45, 7) is 13.0. The fourth-order valence-electron chi connectivity index (χ4n) is 7.84. The van der Waals surface area contributed by atoms with Crippen LogP contribution in [0.5, 0.6) is 0 Å². The maximum absolute atomic E-state index is 14.3. The predicted octanol–water partition coefficient (Wildman–Crippen LogP) is 7.69. The summed E-state index contributed by atoms with van der Waals surface area (Å²) >= 11 is 0. The number of ether oxygens (including phenoxy) is 2. The lowest BCUT2D eigenvalue weighted by molar-refractivity contribution is -0.155. The Balaban J connectivity index is 1.20. The van der Waals surface area contributed by atoms with Crippen molar-refractivity contribution in [3.8, 4) is 12.3 Å². The Morgan fingerprint density at radius 1 is 0.765 bits per heavy atom. The van der Waals surface area contributed by atoms with E-state index >= 15 is 0 Å². The number of carbonyl (C=O) groups is 2. The maximum atomic E-state index is 14.3. The van der Waals surface area contributed by atoms with E-state index in [1.165, 1.54) is 22.3 Å². The molecule has 0 spiro atoms. The highest BCUT2D eigenvalue weighted by molar-refractivity contribution is 6.00. The van der Waals surface area contributed by atoms with Gasteiger partial charge in [-0.25, -0.2) is 9.59 Å². The molecule has 3 aromatic carbocycles. The van der Waals surface area contributed by atoms with Gasteiger partial charge in [-0.1, -0.05) is 84.1 Å². The lowest BCUT2D eigenvalue weighted by atomic mass is 9.80. The second kappa shape index (κ2) is 16.1. The van der Waals surface area contributed by atoms with Gasteiger partial charge in [0, 0.05) is 43.1 Å². The Labute approximate surface area is 303 Å². The van der Waals surface area contributed by atoms with Gasteiger partial charge >= 0.3 is 11.9 Å². The summed E-state index contributed by atoms with van der Waals surface area (Å²) in [5, 5.41) is 3.31. The molecule has 2 fully saturated rings. The Morgan fingerprint density at radius 3 is 1.88 bits per heavy atom. The van der Waals surface area contributed by atoms with Gasteiger partial charge in [-0.15, -0.1) is 6.42 Å². The van der Waals surface area contributed by atoms with E-state index in [0.29, 0.717) is 28.1 Å². The van der Waals surface area contributed by atoms with Crippen LogP contribution >= 0.6 is 0 Å². The third-order valence-corrected chi connectivity index (χ3v) is 10.7. The highest BCUT2D eigenvalue weighted by Crippen LogP contribution is 2.40. The summed E-state index contributed by atoms with van der Waals surface area (Å²) in [7, 11) is 0.